The quantitative estimate of drug-likeness (QED) is 0.820. The van der Waals surface area contributed by atoms with Crippen molar-refractivity contribution in [3.05, 3.63) is 48.0 Å². The van der Waals surface area contributed by atoms with Gasteiger partial charge in [-0.05, 0) is 36.1 Å². The third-order valence-corrected chi connectivity index (χ3v) is 4.53. The minimum atomic E-state index is -0.488. The Morgan fingerprint density at radius 3 is 2.33 bits per heavy atom. The van der Waals surface area contributed by atoms with Crippen molar-refractivity contribution in [3.63, 3.8) is 0 Å². The molecule has 0 saturated carbocycles. The van der Waals surface area contributed by atoms with Crippen molar-refractivity contribution in [2.75, 3.05) is 6.61 Å². The molecule has 2 aromatic rings. The van der Waals surface area contributed by atoms with Crippen LogP contribution in [0.1, 0.15) is 39.2 Å². The smallest absolute Gasteiger partial charge is 0.0938 e. The first kappa shape index (κ1) is 16.0. The van der Waals surface area contributed by atoms with Crippen molar-refractivity contribution in [2.45, 2.75) is 51.7 Å². The Bertz CT molecular complexity index is 567. The molecule has 0 aliphatic heterocycles. The van der Waals surface area contributed by atoms with Crippen LogP contribution in [0.3, 0.4) is 0 Å². The first-order valence-electron chi connectivity index (χ1n) is 7.95. The van der Waals surface area contributed by atoms with Crippen LogP contribution >= 0.6 is 0 Å². The lowest BCUT2D eigenvalue weighted by Gasteiger charge is -2.36. The largest absolute Gasteiger partial charge is 0.390 e. The number of benzene rings is 2. The number of fused-ring (bicyclic) bond motifs is 1. The topological polar surface area (TPSA) is 29.5 Å². The first-order chi connectivity index (χ1) is 10.2. The van der Waals surface area contributed by atoms with Crippen LogP contribution in [0.15, 0.2) is 42.5 Å². The summed E-state index contributed by atoms with van der Waals surface area (Å²) in [5.74, 6) is 0. The number of ether oxygens (including phenoxy) is 1. The van der Waals surface area contributed by atoms with Gasteiger partial charge in [-0.15, -0.1) is 0 Å². The molecule has 0 heterocycles. The zero-order valence-corrected chi connectivity index (χ0v) is 13.3. The molecule has 0 saturated heterocycles. The van der Waals surface area contributed by atoms with E-state index in [1.165, 1.54) is 16.3 Å². The van der Waals surface area contributed by atoms with Crippen LogP contribution < -0.4 is 0 Å². The molecule has 0 fully saturated rings. The normalized spacial score (nSPS) is 13.5. The van der Waals surface area contributed by atoms with Gasteiger partial charge in [0.2, 0.25) is 0 Å². The van der Waals surface area contributed by atoms with E-state index in [4.69, 9.17) is 4.74 Å². The van der Waals surface area contributed by atoms with Crippen molar-refractivity contribution in [1.82, 2.24) is 0 Å². The van der Waals surface area contributed by atoms with E-state index < -0.39 is 11.7 Å². The van der Waals surface area contributed by atoms with Crippen molar-refractivity contribution in [2.24, 2.45) is 0 Å². The zero-order chi connectivity index (χ0) is 15.3. The maximum atomic E-state index is 10.8. The van der Waals surface area contributed by atoms with Crippen LogP contribution in [0.25, 0.3) is 10.8 Å². The monoisotopic (exact) mass is 286 g/mol. The molecule has 1 N–H and O–H groups in total. The van der Waals surface area contributed by atoms with Gasteiger partial charge in [0, 0.05) is 13.0 Å². The summed E-state index contributed by atoms with van der Waals surface area (Å²) in [4.78, 5) is 0. The van der Waals surface area contributed by atoms with Crippen LogP contribution in [0, 0.1) is 0 Å². The molecule has 0 aromatic heterocycles. The highest BCUT2D eigenvalue weighted by molar-refractivity contribution is 5.85. The number of aliphatic hydroxyl groups is 1. The number of hydrogen-bond donors (Lipinski definition) is 1. The van der Waals surface area contributed by atoms with E-state index in [1.807, 2.05) is 19.1 Å². The third-order valence-electron chi connectivity index (χ3n) is 4.53. The van der Waals surface area contributed by atoms with Gasteiger partial charge < -0.3 is 9.84 Å². The molecule has 0 amide bonds. The molecule has 1 unspecified atom stereocenters. The first-order valence-corrected chi connectivity index (χ1v) is 7.95. The van der Waals surface area contributed by atoms with Crippen molar-refractivity contribution < 1.29 is 9.84 Å². The Morgan fingerprint density at radius 2 is 1.67 bits per heavy atom. The summed E-state index contributed by atoms with van der Waals surface area (Å²) in [6, 6.07) is 14.6. The van der Waals surface area contributed by atoms with Gasteiger partial charge in [0.15, 0.2) is 0 Å². The van der Waals surface area contributed by atoms with E-state index in [9.17, 15) is 5.11 Å². The SMILES string of the molecule is CCOC(CC)(CC)C(O)Cc1cccc2ccccc12. The Labute approximate surface area is 127 Å². The summed E-state index contributed by atoms with van der Waals surface area (Å²) in [6.07, 6.45) is 1.79. The third kappa shape index (κ3) is 3.28. The molecule has 21 heavy (non-hydrogen) atoms. The summed E-state index contributed by atoms with van der Waals surface area (Å²) in [6.45, 7) is 6.80. The highest BCUT2D eigenvalue weighted by Gasteiger charge is 2.35. The maximum Gasteiger partial charge on any atom is 0.0938 e. The Morgan fingerprint density at radius 1 is 1.00 bits per heavy atom. The van der Waals surface area contributed by atoms with Gasteiger partial charge >= 0.3 is 0 Å². The van der Waals surface area contributed by atoms with Crippen LogP contribution in [0.2, 0.25) is 0 Å². The second-order valence-electron chi connectivity index (χ2n) is 5.56. The number of rotatable bonds is 7. The lowest BCUT2D eigenvalue weighted by molar-refractivity contribution is -0.124. The maximum absolute atomic E-state index is 10.8. The Balaban J connectivity index is 2.30. The molecule has 1 atom stereocenters. The van der Waals surface area contributed by atoms with E-state index >= 15 is 0 Å². The molecule has 0 spiro atoms. The molecule has 0 bridgehead atoms. The van der Waals surface area contributed by atoms with Gasteiger partial charge in [-0.2, -0.15) is 0 Å². The molecule has 2 aromatic carbocycles. The van der Waals surface area contributed by atoms with E-state index in [0.29, 0.717) is 13.0 Å². The predicted octanol–water partition coefficient (Wildman–Crippen LogP) is 4.34. The predicted molar refractivity (Wildman–Crippen MR) is 88.6 cm³/mol. The molecule has 0 aliphatic rings. The highest BCUT2D eigenvalue weighted by atomic mass is 16.5. The zero-order valence-electron chi connectivity index (χ0n) is 13.3. The standard InChI is InChI=1S/C19H26O2/c1-4-19(5-2,21-6-3)18(20)14-16-12-9-11-15-10-7-8-13-17(15)16/h7-13,18,20H,4-6,14H2,1-3H3. The van der Waals surface area contributed by atoms with E-state index in [1.54, 1.807) is 0 Å². The fraction of sp³-hybridized carbons (Fsp3) is 0.474. The van der Waals surface area contributed by atoms with Crippen molar-refractivity contribution in [3.8, 4) is 0 Å². The minimum Gasteiger partial charge on any atom is -0.390 e. The summed E-state index contributed by atoms with van der Waals surface area (Å²) in [7, 11) is 0. The number of aliphatic hydroxyl groups excluding tert-OH is 1. The van der Waals surface area contributed by atoms with Crippen molar-refractivity contribution >= 4 is 10.8 Å². The molecule has 0 radical (unpaired) electrons. The lowest BCUT2D eigenvalue weighted by atomic mass is 9.85. The second-order valence-corrected chi connectivity index (χ2v) is 5.56. The van der Waals surface area contributed by atoms with E-state index in [2.05, 4.69) is 44.2 Å². The van der Waals surface area contributed by atoms with Crippen molar-refractivity contribution in [1.29, 1.82) is 0 Å². The average molecular weight is 286 g/mol. The molecule has 2 rings (SSSR count). The van der Waals surface area contributed by atoms with Gasteiger partial charge in [-0.1, -0.05) is 56.3 Å². The summed E-state index contributed by atoms with van der Waals surface area (Å²) < 4.78 is 5.92. The summed E-state index contributed by atoms with van der Waals surface area (Å²) >= 11 is 0. The Kier molecular flexibility index (Phi) is 5.38. The molecule has 2 nitrogen and oxygen atoms in total. The van der Waals surface area contributed by atoms with Gasteiger partial charge in [0.25, 0.3) is 0 Å². The fourth-order valence-electron chi connectivity index (χ4n) is 3.17. The molecule has 0 aliphatic carbocycles. The van der Waals surface area contributed by atoms with Gasteiger partial charge in [-0.3, -0.25) is 0 Å². The molecule has 2 heteroatoms. The molecule has 114 valence electrons. The number of hydrogen-bond acceptors (Lipinski definition) is 2. The molecular weight excluding hydrogens is 260 g/mol. The van der Waals surface area contributed by atoms with Crippen LogP contribution in [-0.4, -0.2) is 23.4 Å². The second kappa shape index (κ2) is 7.06. The van der Waals surface area contributed by atoms with Gasteiger partial charge in [0.05, 0.1) is 11.7 Å². The highest BCUT2D eigenvalue weighted by Crippen LogP contribution is 2.29. The Hall–Kier alpha value is -1.38. The fourth-order valence-corrected chi connectivity index (χ4v) is 3.17. The van der Waals surface area contributed by atoms with Crippen LogP contribution in [0.5, 0.6) is 0 Å². The molecular formula is C19H26O2. The summed E-state index contributed by atoms with van der Waals surface area (Å²) in [5.41, 5.74) is 0.748. The van der Waals surface area contributed by atoms with Gasteiger partial charge in [0.1, 0.15) is 0 Å². The lowest BCUT2D eigenvalue weighted by Crippen LogP contribution is -2.45. The van der Waals surface area contributed by atoms with E-state index in [-0.39, 0.29) is 0 Å². The van der Waals surface area contributed by atoms with Crippen LogP contribution in [0.4, 0.5) is 0 Å². The average Bonchev–Trinajstić information content (AvgIpc) is 2.53. The van der Waals surface area contributed by atoms with E-state index in [0.717, 1.165) is 12.8 Å². The van der Waals surface area contributed by atoms with Crippen LogP contribution in [-0.2, 0) is 11.2 Å². The minimum absolute atomic E-state index is 0.439. The van der Waals surface area contributed by atoms with Gasteiger partial charge in [-0.25, -0.2) is 0 Å². The summed E-state index contributed by atoms with van der Waals surface area (Å²) in [5, 5.41) is 13.2.